The Morgan fingerprint density at radius 3 is 2.87 bits per heavy atom. The molecule has 1 aromatic heterocycles. The first-order valence-corrected chi connectivity index (χ1v) is 6.33. The van der Waals surface area contributed by atoms with E-state index in [2.05, 4.69) is 16.8 Å². The highest BCUT2D eigenvalue weighted by Crippen LogP contribution is 2.36. The lowest BCUT2D eigenvalue weighted by Gasteiger charge is -2.20. The summed E-state index contributed by atoms with van der Waals surface area (Å²) in [5.41, 5.74) is 0. The molecule has 0 unspecified atom stereocenters. The van der Waals surface area contributed by atoms with Gasteiger partial charge in [0.1, 0.15) is 4.88 Å². The van der Waals surface area contributed by atoms with Crippen molar-refractivity contribution in [2.45, 2.75) is 32.2 Å². The molecule has 3 nitrogen and oxygen atoms in total. The van der Waals surface area contributed by atoms with E-state index in [4.69, 9.17) is 11.6 Å². The van der Waals surface area contributed by atoms with Crippen LogP contribution in [0.5, 0.6) is 0 Å². The monoisotopic (exact) mass is 244 g/mol. The second-order valence-electron chi connectivity index (χ2n) is 3.69. The van der Waals surface area contributed by atoms with Crippen LogP contribution in [0.3, 0.4) is 0 Å². The highest BCUT2D eigenvalue weighted by atomic mass is 35.5. The molecule has 0 aliphatic heterocycles. The molecule has 82 valence electrons. The summed E-state index contributed by atoms with van der Waals surface area (Å²) in [6.45, 7) is 3.14. The molecular formula is C10H13ClN2OS. The number of aldehydes is 1. The topological polar surface area (TPSA) is 33.2 Å². The summed E-state index contributed by atoms with van der Waals surface area (Å²) in [5, 5.41) is 1.23. The fourth-order valence-corrected chi connectivity index (χ4v) is 2.72. The van der Waals surface area contributed by atoms with Crippen molar-refractivity contribution in [2.75, 3.05) is 11.4 Å². The van der Waals surface area contributed by atoms with Crippen molar-refractivity contribution in [1.29, 1.82) is 0 Å². The molecule has 1 aromatic rings. The number of halogens is 1. The third-order valence-electron chi connectivity index (χ3n) is 2.40. The average molecular weight is 245 g/mol. The van der Waals surface area contributed by atoms with Gasteiger partial charge in [-0.15, -0.1) is 0 Å². The van der Waals surface area contributed by atoms with Crippen LogP contribution in [0, 0.1) is 0 Å². The van der Waals surface area contributed by atoms with Gasteiger partial charge in [-0.25, -0.2) is 4.98 Å². The third kappa shape index (κ3) is 2.32. The number of anilines is 1. The second-order valence-corrected chi connectivity index (χ2v) is 5.06. The van der Waals surface area contributed by atoms with E-state index in [-0.39, 0.29) is 0 Å². The number of nitrogens with zero attached hydrogens (tertiary/aromatic N) is 2. The van der Waals surface area contributed by atoms with E-state index in [0.717, 1.165) is 24.4 Å². The molecular weight excluding hydrogens is 232 g/mol. The summed E-state index contributed by atoms with van der Waals surface area (Å²) in [4.78, 5) is 17.7. The highest BCUT2D eigenvalue weighted by Gasteiger charge is 2.30. The van der Waals surface area contributed by atoms with Crippen LogP contribution in [0.15, 0.2) is 0 Å². The van der Waals surface area contributed by atoms with Crippen molar-refractivity contribution < 1.29 is 4.79 Å². The summed E-state index contributed by atoms with van der Waals surface area (Å²) in [7, 11) is 0. The predicted molar refractivity (Wildman–Crippen MR) is 63.2 cm³/mol. The Bertz CT molecular complexity index is 362. The van der Waals surface area contributed by atoms with Crippen LogP contribution in [-0.4, -0.2) is 23.9 Å². The molecule has 0 N–H and O–H groups in total. The van der Waals surface area contributed by atoms with Gasteiger partial charge < -0.3 is 4.90 Å². The zero-order chi connectivity index (χ0) is 10.8. The Kier molecular flexibility index (Phi) is 3.26. The van der Waals surface area contributed by atoms with Crippen molar-refractivity contribution in [3.63, 3.8) is 0 Å². The normalized spacial score (nSPS) is 15.3. The molecule has 0 amide bonds. The minimum atomic E-state index is 0.340. The molecule has 1 aliphatic carbocycles. The second kappa shape index (κ2) is 4.49. The van der Waals surface area contributed by atoms with Gasteiger partial charge in [0.05, 0.1) is 0 Å². The van der Waals surface area contributed by atoms with Crippen LogP contribution >= 0.6 is 22.9 Å². The lowest BCUT2D eigenvalue weighted by Crippen LogP contribution is -2.26. The van der Waals surface area contributed by atoms with E-state index >= 15 is 0 Å². The number of hydrogen-bond acceptors (Lipinski definition) is 4. The standard InChI is InChI=1S/C10H13ClN2OS/c1-2-5-13(7-3-4-7)10-12-9(11)8(6-14)15-10/h6-7H,2-5H2,1H3. The lowest BCUT2D eigenvalue weighted by atomic mass is 10.4. The van der Waals surface area contributed by atoms with Crippen molar-refractivity contribution in [3.8, 4) is 0 Å². The quantitative estimate of drug-likeness (QED) is 0.747. The molecule has 0 bridgehead atoms. The maximum absolute atomic E-state index is 10.7. The number of hydrogen-bond donors (Lipinski definition) is 0. The van der Waals surface area contributed by atoms with Crippen molar-refractivity contribution >= 4 is 34.4 Å². The molecule has 5 heteroatoms. The van der Waals surface area contributed by atoms with E-state index in [1.165, 1.54) is 24.2 Å². The molecule has 0 aromatic carbocycles. The molecule has 0 saturated heterocycles. The van der Waals surface area contributed by atoms with Gasteiger partial charge in [0.25, 0.3) is 0 Å². The Hall–Kier alpha value is -0.610. The SMILES string of the molecule is CCCN(c1nc(Cl)c(C=O)s1)C1CC1. The maximum Gasteiger partial charge on any atom is 0.187 e. The minimum absolute atomic E-state index is 0.340. The zero-order valence-corrected chi connectivity index (χ0v) is 10.1. The largest absolute Gasteiger partial charge is 0.345 e. The number of carbonyl (C=O) groups excluding carboxylic acids is 1. The molecule has 1 heterocycles. The maximum atomic E-state index is 10.7. The molecule has 1 aliphatic rings. The Balaban J connectivity index is 2.20. The van der Waals surface area contributed by atoms with Gasteiger partial charge in [-0.2, -0.15) is 0 Å². The number of thiazole rings is 1. The molecule has 0 atom stereocenters. The third-order valence-corrected chi connectivity index (χ3v) is 3.82. The molecule has 0 spiro atoms. The van der Waals surface area contributed by atoms with Crippen LogP contribution < -0.4 is 4.90 Å². The number of aromatic nitrogens is 1. The van der Waals surface area contributed by atoms with Crippen LogP contribution in [0.2, 0.25) is 5.15 Å². The Labute approximate surface area is 98.1 Å². The first-order chi connectivity index (χ1) is 7.26. The first-order valence-electron chi connectivity index (χ1n) is 5.14. The van der Waals surface area contributed by atoms with E-state index in [9.17, 15) is 4.79 Å². The Morgan fingerprint density at radius 1 is 1.67 bits per heavy atom. The van der Waals surface area contributed by atoms with Crippen molar-refractivity contribution in [1.82, 2.24) is 4.98 Å². The lowest BCUT2D eigenvalue weighted by molar-refractivity contribution is 0.112. The van der Waals surface area contributed by atoms with Crippen molar-refractivity contribution in [2.24, 2.45) is 0 Å². The van der Waals surface area contributed by atoms with Gasteiger partial charge in [-0.1, -0.05) is 29.9 Å². The van der Waals surface area contributed by atoms with Crippen molar-refractivity contribution in [3.05, 3.63) is 10.0 Å². The van der Waals surface area contributed by atoms with Gasteiger partial charge >= 0.3 is 0 Å². The van der Waals surface area contributed by atoms with E-state index in [1.807, 2.05) is 0 Å². The smallest absolute Gasteiger partial charge is 0.187 e. The molecule has 15 heavy (non-hydrogen) atoms. The minimum Gasteiger partial charge on any atom is -0.345 e. The summed E-state index contributed by atoms with van der Waals surface area (Å²) < 4.78 is 0. The fraction of sp³-hybridized carbons (Fsp3) is 0.600. The average Bonchev–Trinajstić information content (AvgIpc) is 2.99. The molecule has 0 radical (unpaired) electrons. The molecule has 1 saturated carbocycles. The van der Waals surface area contributed by atoms with Gasteiger partial charge in [0.2, 0.25) is 0 Å². The number of carbonyl (C=O) groups is 1. The fourth-order valence-electron chi connectivity index (χ4n) is 1.56. The van der Waals surface area contributed by atoms with E-state index < -0.39 is 0 Å². The highest BCUT2D eigenvalue weighted by molar-refractivity contribution is 7.17. The molecule has 1 fully saturated rings. The van der Waals surface area contributed by atoms with Gasteiger partial charge in [-0.05, 0) is 19.3 Å². The summed E-state index contributed by atoms with van der Waals surface area (Å²) in [5.74, 6) is 0. The van der Waals surface area contributed by atoms with Crippen LogP contribution in [0.25, 0.3) is 0 Å². The zero-order valence-electron chi connectivity index (χ0n) is 8.57. The van der Waals surface area contributed by atoms with Crippen LogP contribution in [-0.2, 0) is 0 Å². The Morgan fingerprint density at radius 2 is 2.40 bits per heavy atom. The molecule has 2 rings (SSSR count). The predicted octanol–water partition coefficient (Wildman–Crippen LogP) is 2.99. The van der Waals surface area contributed by atoms with Gasteiger partial charge in [-0.3, -0.25) is 4.79 Å². The summed E-state index contributed by atoms with van der Waals surface area (Å²) in [6, 6.07) is 0.617. The number of rotatable bonds is 5. The van der Waals surface area contributed by atoms with Gasteiger partial charge in [0.15, 0.2) is 16.6 Å². The summed E-state index contributed by atoms with van der Waals surface area (Å²) >= 11 is 7.25. The summed E-state index contributed by atoms with van der Waals surface area (Å²) in [6.07, 6.45) is 4.33. The van der Waals surface area contributed by atoms with Gasteiger partial charge in [0, 0.05) is 12.6 Å². The first kappa shape index (κ1) is 10.9. The van der Waals surface area contributed by atoms with E-state index in [1.54, 1.807) is 0 Å². The van der Waals surface area contributed by atoms with E-state index in [0.29, 0.717) is 16.1 Å². The van der Waals surface area contributed by atoms with Crippen LogP contribution in [0.1, 0.15) is 35.9 Å². The van der Waals surface area contributed by atoms with Crippen LogP contribution in [0.4, 0.5) is 5.13 Å².